The van der Waals surface area contributed by atoms with Gasteiger partial charge in [0.1, 0.15) is 0 Å². The first-order chi connectivity index (χ1) is 29.8. The van der Waals surface area contributed by atoms with E-state index in [1.54, 1.807) is 0 Å². The minimum Gasteiger partial charge on any atom is -0.309 e. The number of hydrogen-bond donors (Lipinski definition) is 0. The first kappa shape index (κ1) is 36.8. The SMILES string of the molecule is CC1(C)c2ccccc2-c2ccc(N(c3ccccc3-c3cccc4c3C(C)(C)c3ccccc3-4)c3cccc(-c4ccccc4)c3-c3ccccc3-c3ccccc3)cc21. The van der Waals surface area contributed by atoms with Crippen molar-refractivity contribution in [2.75, 3.05) is 4.90 Å². The maximum absolute atomic E-state index is 2.56. The minimum absolute atomic E-state index is 0.169. The predicted octanol–water partition coefficient (Wildman–Crippen LogP) is 16.4. The fraction of sp³-hybridized carbons (Fsp3) is 0.100. The van der Waals surface area contributed by atoms with Gasteiger partial charge in [-0.3, -0.25) is 0 Å². The molecule has 2 aliphatic carbocycles. The topological polar surface area (TPSA) is 3.24 Å². The number of nitrogens with zero attached hydrogens (tertiary/aromatic N) is 1. The molecular weight excluding hydrogens is 735 g/mol. The molecule has 9 aromatic rings. The standard InChI is InChI=1S/C60H47N/c1-59(2)52-33-16-13-26-45(52)47-38-37-42(39-54(47)59)61(55-35-18-15-28-48(55)51-32-19-31-50-46-27-14-17-34-53(46)60(3,4)58(50)51)56-36-20-30-44(41-23-9-6-10-24-41)57(56)49-29-12-11-25-43(49)40-21-7-5-8-22-40/h5-39H,1-4H3. The summed E-state index contributed by atoms with van der Waals surface area (Å²) in [6, 6.07) is 78.6. The van der Waals surface area contributed by atoms with Gasteiger partial charge in [-0.25, -0.2) is 0 Å². The molecule has 0 unspecified atom stereocenters. The molecule has 11 rings (SSSR count). The van der Waals surface area contributed by atoms with Crippen LogP contribution in [0.3, 0.4) is 0 Å². The molecule has 0 saturated heterocycles. The molecule has 0 aliphatic heterocycles. The molecule has 1 heteroatoms. The Morgan fingerprint density at radius 2 is 0.738 bits per heavy atom. The molecule has 0 amide bonds. The zero-order chi connectivity index (χ0) is 41.3. The molecule has 0 N–H and O–H groups in total. The summed E-state index contributed by atoms with van der Waals surface area (Å²) in [5.41, 5.74) is 23.4. The number of para-hydroxylation sites is 1. The highest BCUT2D eigenvalue weighted by Crippen LogP contribution is 2.56. The maximum Gasteiger partial charge on any atom is 0.0546 e. The molecule has 0 spiro atoms. The van der Waals surface area contributed by atoms with Gasteiger partial charge in [0.15, 0.2) is 0 Å². The molecule has 0 bridgehead atoms. The smallest absolute Gasteiger partial charge is 0.0546 e. The van der Waals surface area contributed by atoms with E-state index >= 15 is 0 Å². The molecule has 9 aromatic carbocycles. The van der Waals surface area contributed by atoms with Crippen LogP contribution in [0.1, 0.15) is 49.9 Å². The molecule has 0 fully saturated rings. The first-order valence-corrected chi connectivity index (χ1v) is 21.5. The lowest BCUT2D eigenvalue weighted by Gasteiger charge is -2.33. The second kappa shape index (κ2) is 14.2. The minimum atomic E-state index is -0.184. The van der Waals surface area contributed by atoms with Crippen molar-refractivity contribution in [3.63, 3.8) is 0 Å². The van der Waals surface area contributed by atoms with Gasteiger partial charge in [0.25, 0.3) is 0 Å². The summed E-state index contributed by atoms with van der Waals surface area (Å²) in [5.74, 6) is 0. The van der Waals surface area contributed by atoms with Gasteiger partial charge >= 0.3 is 0 Å². The average molecular weight is 782 g/mol. The summed E-state index contributed by atoms with van der Waals surface area (Å²) >= 11 is 0. The summed E-state index contributed by atoms with van der Waals surface area (Å²) in [6.45, 7) is 9.54. The van der Waals surface area contributed by atoms with Crippen molar-refractivity contribution in [3.05, 3.63) is 235 Å². The fourth-order valence-electron chi connectivity index (χ4n) is 10.6. The predicted molar refractivity (Wildman–Crippen MR) is 258 cm³/mol. The van der Waals surface area contributed by atoms with Gasteiger partial charge in [-0.2, -0.15) is 0 Å². The third kappa shape index (κ3) is 5.76. The van der Waals surface area contributed by atoms with Crippen LogP contribution in [0.15, 0.2) is 212 Å². The third-order valence-electron chi connectivity index (χ3n) is 13.5. The summed E-state index contributed by atoms with van der Waals surface area (Å²) in [4.78, 5) is 2.56. The van der Waals surface area contributed by atoms with Crippen LogP contribution < -0.4 is 4.90 Å². The van der Waals surface area contributed by atoms with Crippen LogP contribution >= 0.6 is 0 Å². The Balaban J connectivity index is 1.23. The van der Waals surface area contributed by atoms with Crippen LogP contribution in [-0.2, 0) is 10.8 Å². The van der Waals surface area contributed by atoms with Gasteiger partial charge in [0.2, 0.25) is 0 Å². The summed E-state index contributed by atoms with van der Waals surface area (Å²) in [5, 5.41) is 0. The highest BCUT2D eigenvalue weighted by Gasteiger charge is 2.39. The van der Waals surface area contributed by atoms with Crippen molar-refractivity contribution in [2.45, 2.75) is 38.5 Å². The van der Waals surface area contributed by atoms with E-state index in [1.165, 1.54) is 89.0 Å². The van der Waals surface area contributed by atoms with Gasteiger partial charge in [-0.1, -0.05) is 216 Å². The van der Waals surface area contributed by atoms with Crippen LogP contribution in [0.25, 0.3) is 66.8 Å². The van der Waals surface area contributed by atoms with E-state index in [-0.39, 0.29) is 10.8 Å². The maximum atomic E-state index is 2.56. The van der Waals surface area contributed by atoms with Crippen LogP contribution in [-0.4, -0.2) is 0 Å². The number of anilines is 3. The highest BCUT2D eigenvalue weighted by atomic mass is 15.1. The Kier molecular flexibility index (Phi) is 8.58. The molecular formula is C60H47N. The largest absolute Gasteiger partial charge is 0.309 e. The normalized spacial score (nSPS) is 13.8. The van der Waals surface area contributed by atoms with Gasteiger partial charge in [0.05, 0.1) is 11.4 Å². The van der Waals surface area contributed by atoms with Crippen molar-refractivity contribution in [3.8, 4) is 66.8 Å². The molecule has 292 valence electrons. The highest BCUT2D eigenvalue weighted by molar-refractivity contribution is 6.03. The van der Waals surface area contributed by atoms with Crippen LogP contribution in [0.5, 0.6) is 0 Å². The lowest BCUT2D eigenvalue weighted by atomic mass is 9.78. The van der Waals surface area contributed by atoms with E-state index < -0.39 is 0 Å². The number of hydrogen-bond acceptors (Lipinski definition) is 1. The molecule has 0 saturated carbocycles. The molecule has 0 heterocycles. The van der Waals surface area contributed by atoms with Crippen LogP contribution in [0, 0.1) is 0 Å². The van der Waals surface area contributed by atoms with Crippen molar-refractivity contribution >= 4 is 17.1 Å². The van der Waals surface area contributed by atoms with Gasteiger partial charge in [-0.05, 0) is 102 Å². The van der Waals surface area contributed by atoms with Crippen molar-refractivity contribution < 1.29 is 0 Å². The Hall–Kier alpha value is -7.22. The molecule has 0 radical (unpaired) electrons. The lowest BCUT2D eigenvalue weighted by Crippen LogP contribution is -2.18. The molecule has 0 atom stereocenters. The van der Waals surface area contributed by atoms with E-state index in [0.717, 1.165) is 17.1 Å². The first-order valence-electron chi connectivity index (χ1n) is 21.5. The molecule has 1 nitrogen and oxygen atoms in total. The Morgan fingerprint density at radius 3 is 1.43 bits per heavy atom. The van der Waals surface area contributed by atoms with E-state index in [9.17, 15) is 0 Å². The van der Waals surface area contributed by atoms with Crippen LogP contribution in [0.4, 0.5) is 17.1 Å². The second-order valence-corrected chi connectivity index (χ2v) is 17.6. The van der Waals surface area contributed by atoms with Gasteiger partial charge in [0, 0.05) is 27.6 Å². The van der Waals surface area contributed by atoms with Gasteiger partial charge < -0.3 is 4.90 Å². The molecule has 0 aromatic heterocycles. The fourth-order valence-corrected chi connectivity index (χ4v) is 10.6. The van der Waals surface area contributed by atoms with Crippen molar-refractivity contribution in [1.82, 2.24) is 0 Å². The van der Waals surface area contributed by atoms with Gasteiger partial charge in [-0.15, -0.1) is 0 Å². The lowest BCUT2D eigenvalue weighted by molar-refractivity contribution is 0.660. The van der Waals surface area contributed by atoms with E-state index in [2.05, 4.69) is 245 Å². The summed E-state index contributed by atoms with van der Waals surface area (Å²) in [7, 11) is 0. The molecule has 61 heavy (non-hydrogen) atoms. The van der Waals surface area contributed by atoms with E-state index in [0.29, 0.717) is 0 Å². The van der Waals surface area contributed by atoms with Crippen molar-refractivity contribution in [1.29, 1.82) is 0 Å². The Bertz CT molecular complexity index is 3130. The Morgan fingerprint density at radius 1 is 0.295 bits per heavy atom. The van der Waals surface area contributed by atoms with E-state index in [4.69, 9.17) is 0 Å². The van der Waals surface area contributed by atoms with E-state index in [1.807, 2.05) is 0 Å². The van der Waals surface area contributed by atoms with Crippen molar-refractivity contribution in [2.24, 2.45) is 0 Å². The third-order valence-corrected chi connectivity index (χ3v) is 13.5. The van der Waals surface area contributed by atoms with Crippen LogP contribution in [0.2, 0.25) is 0 Å². The second-order valence-electron chi connectivity index (χ2n) is 17.6. The average Bonchev–Trinajstić information content (AvgIpc) is 3.69. The quantitative estimate of drug-likeness (QED) is 0.156. The molecule has 2 aliphatic rings. The number of rotatable bonds is 7. The zero-order valence-electron chi connectivity index (χ0n) is 35.2. The zero-order valence-corrected chi connectivity index (χ0v) is 35.2. The Labute approximate surface area is 360 Å². The monoisotopic (exact) mass is 781 g/mol. The number of fused-ring (bicyclic) bond motifs is 6. The number of benzene rings is 9. The summed E-state index contributed by atoms with van der Waals surface area (Å²) in [6.07, 6.45) is 0. The summed E-state index contributed by atoms with van der Waals surface area (Å²) < 4.78 is 0.